The van der Waals surface area contributed by atoms with Crippen molar-refractivity contribution in [1.82, 2.24) is 10.2 Å². The van der Waals surface area contributed by atoms with Crippen LogP contribution < -0.4 is 5.32 Å². The zero-order valence-corrected chi connectivity index (χ0v) is 14.4. The van der Waals surface area contributed by atoms with Crippen molar-refractivity contribution in [3.8, 4) is 11.8 Å². The summed E-state index contributed by atoms with van der Waals surface area (Å²) in [7, 11) is 0. The van der Waals surface area contributed by atoms with E-state index < -0.39 is 11.9 Å². The highest BCUT2D eigenvalue weighted by atomic mass is 16.5. The van der Waals surface area contributed by atoms with Gasteiger partial charge in [0, 0.05) is 24.6 Å². The molecule has 1 saturated heterocycles. The summed E-state index contributed by atoms with van der Waals surface area (Å²) in [5, 5.41) is 2.76. The zero-order chi connectivity index (χ0) is 18.2. The fraction of sp³-hybridized carbons (Fsp3) is 0.238. The molecule has 1 heterocycles. The molecule has 1 aliphatic rings. The Morgan fingerprint density at radius 1 is 0.962 bits per heavy atom. The molecule has 0 spiro atoms. The molecule has 2 aromatic carbocycles. The minimum atomic E-state index is -0.758. The monoisotopic (exact) mass is 348 g/mol. The first-order valence-corrected chi connectivity index (χ1v) is 8.53. The maximum Gasteiger partial charge on any atom is 0.297 e. The molecule has 0 saturated carbocycles. The van der Waals surface area contributed by atoms with Gasteiger partial charge in [-0.25, -0.2) is 0 Å². The number of nitrogens with zero attached hydrogens (tertiary/aromatic N) is 1. The van der Waals surface area contributed by atoms with E-state index in [1.54, 1.807) is 4.90 Å². The number of amides is 2. The van der Waals surface area contributed by atoms with Gasteiger partial charge >= 0.3 is 0 Å². The molecule has 1 N–H and O–H groups in total. The number of benzene rings is 2. The van der Waals surface area contributed by atoms with Gasteiger partial charge in [-0.2, -0.15) is 0 Å². The Morgan fingerprint density at radius 2 is 1.58 bits per heavy atom. The fourth-order valence-electron chi connectivity index (χ4n) is 2.72. The van der Waals surface area contributed by atoms with Crippen LogP contribution >= 0.6 is 0 Å². The van der Waals surface area contributed by atoms with Gasteiger partial charge in [0.2, 0.25) is 5.91 Å². The standard InChI is InChI=1S/C21H20N2O3/c24-19(12-11-17-7-3-1-4-8-17)22-20(18-9-5-2-6-10-18)21(25)23-13-15-26-16-14-23/h1-10,20H,13-16H2,(H,22,24)/t20-/m0/s1. The van der Waals surface area contributed by atoms with Crippen LogP contribution in [0.2, 0.25) is 0 Å². The van der Waals surface area contributed by atoms with Crippen molar-refractivity contribution in [1.29, 1.82) is 0 Å². The molecule has 2 amide bonds. The Morgan fingerprint density at radius 3 is 2.23 bits per heavy atom. The van der Waals surface area contributed by atoms with E-state index in [0.717, 1.165) is 11.1 Å². The minimum absolute atomic E-state index is 0.144. The molecule has 26 heavy (non-hydrogen) atoms. The molecular formula is C21H20N2O3. The number of rotatable bonds is 3. The topological polar surface area (TPSA) is 58.6 Å². The predicted octanol–water partition coefficient (Wildman–Crippen LogP) is 1.75. The maximum atomic E-state index is 12.9. The molecule has 0 aliphatic carbocycles. The molecule has 5 heteroatoms. The molecule has 132 valence electrons. The molecule has 0 unspecified atom stereocenters. The summed E-state index contributed by atoms with van der Waals surface area (Å²) in [6, 6.07) is 17.7. The van der Waals surface area contributed by atoms with Crippen LogP contribution in [0.15, 0.2) is 60.7 Å². The number of hydrogen-bond acceptors (Lipinski definition) is 3. The largest absolute Gasteiger partial charge is 0.378 e. The normalized spacial score (nSPS) is 14.7. The van der Waals surface area contributed by atoms with Gasteiger partial charge in [0.25, 0.3) is 5.91 Å². The van der Waals surface area contributed by atoms with Gasteiger partial charge in [-0.1, -0.05) is 54.5 Å². The average molecular weight is 348 g/mol. The third-order valence-electron chi connectivity index (χ3n) is 4.07. The molecule has 2 aromatic rings. The number of nitrogens with one attached hydrogen (secondary N) is 1. The number of carbonyl (C=O) groups excluding carboxylic acids is 2. The van der Waals surface area contributed by atoms with Gasteiger partial charge in [0.05, 0.1) is 13.2 Å². The van der Waals surface area contributed by atoms with E-state index in [-0.39, 0.29) is 5.91 Å². The lowest BCUT2D eigenvalue weighted by molar-refractivity contribution is -0.139. The highest BCUT2D eigenvalue weighted by Crippen LogP contribution is 2.16. The number of ether oxygens (including phenoxy) is 1. The number of hydrogen-bond donors (Lipinski definition) is 1. The first-order valence-electron chi connectivity index (χ1n) is 8.53. The van der Waals surface area contributed by atoms with E-state index in [0.29, 0.717) is 26.3 Å². The summed E-state index contributed by atoms with van der Waals surface area (Å²) in [4.78, 5) is 26.9. The Labute approximate surface area is 153 Å². The van der Waals surface area contributed by atoms with E-state index >= 15 is 0 Å². The number of morpholine rings is 1. The van der Waals surface area contributed by atoms with Crippen LogP contribution in [0.3, 0.4) is 0 Å². The van der Waals surface area contributed by atoms with Crippen LogP contribution in [0.1, 0.15) is 17.2 Å². The van der Waals surface area contributed by atoms with E-state index in [1.807, 2.05) is 60.7 Å². The number of carbonyl (C=O) groups is 2. The van der Waals surface area contributed by atoms with Crippen molar-refractivity contribution in [3.63, 3.8) is 0 Å². The Bertz CT molecular complexity index is 803. The Hall–Kier alpha value is -3.10. The molecule has 1 aliphatic heterocycles. The van der Waals surface area contributed by atoms with Gasteiger partial charge in [-0.15, -0.1) is 0 Å². The summed E-state index contributed by atoms with van der Waals surface area (Å²) < 4.78 is 5.30. The fourth-order valence-corrected chi connectivity index (χ4v) is 2.72. The second kappa shape index (κ2) is 8.84. The summed E-state index contributed by atoms with van der Waals surface area (Å²) >= 11 is 0. The Balaban J connectivity index is 1.76. The van der Waals surface area contributed by atoms with Gasteiger partial charge < -0.3 is 15.0 Å². The van der Waals surface area contributed by atoms with Gasteiger partial charge in [-0.05, 0) is 17.7 Å². The molecule has 0 bridgehead atoms. The van der Waals surface area contributed by atoms with Crippen molar-refractivity contribution >= 4 is 11.8 Å². The third kappa shape index (κ3) is 4.71. The molecule has 3 rings (SSSR count). The highest BCUT2D eigenvalue weighted by Gasteiger charge is 2.28. The lowest BCUT2D eigenvalue weighted by Gasteiger charge is -2.30. The van der Waals surface area contributed by atoms with Crippen LogP contribution in [-0.4, -0.2) is 43.0 Å². The van der Waals surface area contributed by atoms with Gasteiger partial charge in [0.15, 0.2) is 0 Å². The summed E-state index contributed by atoms with van der Waals surface area (Å²) in [6.45, 7) is 2.06. The highest BCUT2D eigenvalue weighted by molar-refractivity contribution is 5.97. The van der Waals surface area contributed by atoms with Crippen molar-refractivity contribution in [3.05, 3.63) is 71.8 Å². The van der Waals surface area contributed by atoms with Gasteiger partial charge in [-0.3, -0.25) is 9.59 Å². The SMILES string of the molecule is O=C(C#Cc1ccccc1)N[C@H](C(=O)N1CCOCC1)c1ccccc1. The van der Waals surface area contributed by atoms with Crippen LogP contribution in [-0.2, 0) is 14.3 Å². The second-order valence-electron chi connectivity index (χ2n) is 5.87. The van der Waals surface area contributed by atoms with E-state index in [4.69, 9.17) is 4.74 Å². The summed E-state index contributed by atoms with van der Waals surface area (Å²) in [6.07, 6.45) is 0. The molecule has 0 aromatic heterocycles. The van der Waals surface area contributed by atoms with Crippen LogP contribution in [0, 0.1) is 11.8 Å². The zero-order valence-electron chi connectivity index (χ0n) is 14.4. The smallest absolute Gasteiger partial charge is 0.297 e. The molecule has 0 radical (unpaired) electrons. The van der Waals surface area contributed by atoms with E-state index in [1.165, 1.54) is 0 Å². The Kier molecular flexibility index (Phi) is 6.02. The van der Waals surface area contributed by atoms with Crippen molar-refractivity contribution < 1.29 is 14.3 Å². The summed E-state index contributed by atoms with van der Waals surface area (Å²) in [5.74, 6) is 4.75. The first kappa shape index (κ1) is 17.7. The van der Waals surface area contributed by atoms with Crippen molar-refractivity contribution in [2.75, 3.05) is 26.3 Å². The molecule has 1 fully saturated rings. The maximum absolute atomic E-state index is 12.9. The van der Waals surface area contributed by atoms with E-state index in [9.17, 15) is 9.59 Å². The molecule has 1 atom stereocenters. The predicted molar refractivity (Wildman–Crippen MR) is 98.0 cm³/mol. The third-order valence-corrected chi connectivity index (χ3v) is 4.07. The van der Waals surface area contributed by atoms with Gasteiger partial charge in [0.1, 0.15) is 6.04 Å². The van der Waals surface area contributed by atoms with Crippen LogP contribution in [0.5, 0.6) is 0 Å². The van der Waals surface area contributed by atoms with Crippen molar-refractivity contribution in [2.45, 2.75) is 6.04 Å². The van der Waals surface area contributed by atoms with Crippen molar-refractivity contribution in [2.24, 2.45) is 0 Å². The first-order chi connectivity index (χ1) is 12.7. The lowest BCUT2D eigenvalue weighted by Crippen LogP contribution is -2.47. The molecular weight excluding hydrogens is 328 g/mol. The molecule has 5 nitrogen and oxygen atoms in total. The van der Waals surface area contributed by atoms with Crippen LogP contribution in [0.25, 0.3) is 0 Å². The quantitative estimate of drug-likeness (QED) is 0.860. The van der Waals surface area contributed by atoms with Crippen LogP contribution in [0.4, 0.5) is 0 Å². The lowest BCUT2D eigenvalue weighted by atomic mass is 10.1. The second-order valence-corrected chi connectivity index (χ2v) is 5.87. The summed E-state index contributed by atoms with van der Waals surface area (Å²) in [5.41, 5.74) is 1.48. The average Bonchev–Trinajstić information content (AvgIpc) is 2.72. The van der Waals surface area contributed by atoms with E-state index in [2.05, 4.69) is 17.2 Å². The minimum Gasteiger partial charge on any atom is -0.378 e.